The molecule has 0 radical (unpaired) electrons. The van der Waals surface area contributed by atoms with Crippen molar-refractivity contribution in [3.05, 3.63) is 60.0 Å². The molecule has 1 aliphatic rings. The molecule has 2 aromatic carbocycles. The summed E-state index contributed by atoms with van der Waals surface area (Å²) in [6.07, 6.45) is 1.21. The highest BCUT2D eigenvalue weighted by atomic mass is 32.1. The van der Waals surface area contributed by atoms with Crippen molar-refractivity contribution in [3.63, 3.8) is 0 Å². The van der Waals surface area contributed by atoms with Gasteiger partial charge in [0, 0.05) is 33.6 Å². The van der Waals surface area contributed by atoms with E-state index in [1.54, 1.807) is 13.2 Å². The number of amides is 2. The van der Waals surface area contributed by atoms with Crippen LogP contribution in [-0.2, 0) is 4.79 Å². The van der Waals surface area contributed by atoms with Crippen LogP contribution in [0, 0.1) is 0 Å². The van der Waals surface area contributed by atoms with Crippen LogP contribution in [0.4, 0.5) is 11.4 Å². The standard InChI is InChI=1S/C25H22N4O3S/c1-4-21(30)29-18-11-14(5-9-19(18)32-3)16-7-6-15-17(28-16)8-10-20-22(15)23-24(33-20)25(31)27-13(2)12-26-23/h4-11,13,26H,1,12H2,2-3H3,(H,27,31)(H,29,30). The summed E-state index contributed by atoms with van der Waals surface area (Å²) < 4.78 is 6.40. The Morgan fingerprint density at radius 3 is 2.91 bits per heavy atom. The zero-order valence-corrected chi connectivity index (χ0v) is 19.0. The molecule has 2 amide bonds. The smallest absolute Gasteiger partial charge is 0.263 e. The van der Waals surface area contributed by atoms with Crippen molar-refractivity contribution in [2.75, 3.05) is 24.3 Å². The molecular weight excluding hydrogens is 436 g/mol. The molecule has 1 atom stereocenters. The first-order valence-corrected chi connectivity index (χ1v) is 11.3. The zero-order valence-electron chi connectivity index (χ0n) is 18.2. The third kappa shape index (κ3) is 3.68. The van der Waals surface area contributed by atoms with Gasteiger partial charge in [0.25, 0.3) is 5.91 Å². The molecule has 3 heterocycles. The number of methoxy groups -OCH3 is 1. The van der Waals surface area contributed by atoms with Gasteiger partial charge in [-0.3, -0.25) is 9.59 Å². The summed E-state index contributed by atoms with van der Waals surface area (Å²) >= 11 is 1.49. The molecule has 166 valence electrons. The minimum absolute atomic E-state index is 0.0474. The number of carbonyl (C=O) groups excluding carboxylic acids is 2. The lowest BCUT2D eigenvalue weighted by atomic mass is 10.1. The molecule has 3 N–H and O–H groups in total. The lowest BCUT2D eigenvalue weighted by Crippen LogP contribution is -2.34. The van der Waals surface area contributed by atoms with E-state index in [0.717, 1.165) is 37.9 Å². The SMILES string of the molecule is C=CC(=O)Nc1cc(-c2ccc3c(ccc4sc5c(c43)NCC(C)NC5=O)n2)ccc1OC. The van der Waals surface area contributed by atoms with Crippen LogP contribution >= 0.6 is 11.3 Å². The number of aromatic nitrogens is 1. The van der Waals surface area contributed by atoms with Crippen molar-refractivity contribution in [2.24, 2.45) is 0 Å². The summed E-state index contributed by atoms with van der Waals surface area (Å²) in [5.74, 6) is 0.188. The fourth-order valence-corrected chi connectivity index (χ4v) is 5.13. The third-order valence-electron chi connectivity index (χ3n) is 5.63. The highest BCUT2D eigenvalue weighted by Crippen LogP contribution is 2.41. The monoisotopic (exact) mass is 458 g/mol. The van der Waals surface area contributed by atoms with E-state index in [2.05, 4.69) is 22.5 Å². The van der Waals surface area contributed by atoms with Gasteiger partial charge in [-0.2, -0.15) is 0 Å². The second kappa shape index (κ2) is 8.22. The summed E-state index contributed by atoms with van der Waals surface area (Å²) in [4.78, 5) is 30.0. The van der Waals surface area contributed by atoms with Gasteiger partial charge in [-0.25, -0.2) is 4.98 Å². The molecule has 4 aromatic rings. The highest BCUT2D eigenvalue weighted by Gasteiger charge is 2.24. The van der Waals surface area contributed by atoms with Crippen LogP contribution in [0.25, 0.3) is 32.2 Å². The topological polar surface area (TPSA) is 92.4 Å². The zero-order chi connectivity index (χ0) is 23.1. The molecule has 5 rings (SSSR count). The van der Waals surface area contributed by atoms with Gasteiger partial charge in [-0.05, 0) is 55.5 Å². The Kier molecular flexibility index (Phi) is 5.22. The van der Waals surface area contributed by atoms with Gasteiger partial charge in [0.15, 0.2) is 0 Å². The van der Waals surface area contributed by atoms with Crippen LogP contribution in [0.2, 0.25) is 0 Å². The first-order chi connectivity index (χ1) is 16.0. The van der Waals surface area contributed by atoms with Gasteiger partial charge in [0.05, 0.1) is 29.7 Å². The molecule has 0 saturated heterocycles. The van der Waals surface area contributed by atoms with Gasteiger partial charge in [0.2, 0.25) is 5.91 Å². The molecule has 0 aliphatic carbocycles. The van der Waals surface area contributed by atoms with E-state index in [1.165, 1.54) is 17.4 Å². The number of benzene rings is 2. The summed E-state index contributed by atoms with van der Waals surface area (Å²) in [7, 11) is 1.55. The number of thiophene rings is 1. The van der Waals surface area contributed by atoms with E-state index < -0.39 is 0 Å². The molecule has 8 heteroatoms. The van der Waals surface area contributed by atoms with Crippen LogP contribution in [-0.4, -0.2) is 36.5 Å². The van der Waals surface area contributed by atoms with Crippen LogP contribution in [0.15, 0.2) is 55.1 Å². The lowest BCUT2D eigenvalue weighted by molar-refractivity contribution is -0.111. The van der Waals surface area contributed by atoms with Crippen molar-refractivity contribution < 1.29 is 14.3 Å². The molecular formula is C25H22N4O3S. The van der Waals surface area contributed by atoms with E-state index in [9.17, 15) is 9.59 Å². The third-order valence-corrected chi connectivity index (χ3v) is 6.78. The summed E-state index contributed by atoms with van der Waals surface area (Å²) in [6, 6.07) is 13.6. The second-order valence-corrected chi connectivity index (χ2v) is 8.92. The minimum Gasteiger partial charge on any atom is -0.495 e. The van der Waals surface area contributed by atoms with Gasteiger partial charge in [0.1, 0.15) is 10.6 Å². The van der Waals surface area contributed by atoms with Crippen LogP contribution in [0.3, 0.4) is 0 Å². The quantitative estimate of drug-likeness (QED) is 0.382. The van der Waals surface area contributed by atoms with Crippen LogP contribution in [0.5, 0.6) is 5.75 Å². The number of hydrogen-bond acceptors (Lipinski definition) is 6. The average molecular weight is 459 g/mol. The molecule has 7 nitrogen and oxygen atoms in total. The molecule has 0 saturated carbocycles. The highest BCUT2D eigenvalue weighted by molar-refractivity contribution is 7.21. The Hall–Kier alpha value is -3.91. The maximum Gasteiger partial charge on any atom is 0.263 e. The first-order valence-electron chi connectivity index (χ1n) is 10.5. The van der Waals surface area contributed by atoms with Gasteiger partial charge < -0.3 is 20.7 Å². The van der Waals surface area contributed by atoms with Crippen molar-refractivity contribution in [1.29, 1.82) is 0 Å². The van der Waals surface area contributed by atoms with Crippen molar-refractivity contribution >= 4 is 55.5 Å². The normalized spacial score (nSPS) is 15.3. The Morgan fingerprint density at radius 1 is 1.27 bits per heavy atom. The number of ether oxygens (including phenoxy) is 1. The number of anilines is 2. The Morgan fingerprint density at radius 2 is 2.12 bits per heavy atom. The number of hydrogen-bond donors (Lipinski definition) is 3. The predicted octanol–water partition coefficient (Wildman–Crippen LogP) is 4.79. The van der Waals surface area contributed by atoms with Crippen LogP contribution < -0.4 is 20.7 Å². The molecule has 0 fully saturated rings. The van der Waals surface area contributed by atoms with Crippen molar-refractivity contribution in [2.45, 2.75) is 13.0 Å². The molecule has 0 spiro atoms. The van der Waals surface area contributed by atoms with Gasteiger partial charge in [-0.1, -0.05) is 6.58 Å². The van der Waals surface area contributed by atoms with E-state index in [-0.39, 0.29) is 17.9 Å². The second-order valence-electron chi connectivity index (χ2n) is 7.87. The lowest BCUT2D eigenvalue weighted by Gasteiger charge is -2.12. The van der Waals surface area contributed by atoms with Gasteiger partial charge in [-0.15, -0.1) is 11.3 Å². The van der Waals surface area contributed by atoms with Crippen molar-refractivity contribution in [3.8, 4) is 17.0 Å². The maximum absolute atomic E-state index is 12.6. The average Bonchev–Trinajstić information content (AvgIpc) is 3.15. The van der Waals surface area contributed by atoms with Crippen LogP contribution in [0.1, 0.15) is 16.6 Å². The van der Waals surface area contributed by atoms with Crippen molar-refractivity contribution in [1.82, 2.24) is 10.3 Å². The fourth-order valence-electron chi connectivity index (χ4n) is 4.04. The summed E-state index contributed by atoms with van der Waals surface area (Å²) in [5, 5.41) is 11.2. The Bertz CT molecular complexity index is 1440. The van der Waals surface area contributed by atoms with E-state index in [4.69, 9.17) is 9.72 Å². The number of rotatable bonds is 4. The number of pyridine rings is 1. The largest absolute Gasteiger partial charge is 0.495 e. The van der Waals surface area contributed by atoms with Gasteiger partial charge >= 0.3 is 0 Å². The van der Waals surface area contributed by atoms with E-state index in [1.807, 2.05) is 43.3 Å². The maximum atomic E-state index is 12.6. The number of nitrogens with one attached hydrogen (secondary N) is 3. The molecule has 2 aromatic heterocycles. The molecule has 0 bridgehead atoms. The predicted molar refractivity (Wildman–Crippen MR) is 133 cm³/mol. The molecule has 1 aliphatic heterocycles. The Labute approximate surface area is 194 Å². The number of nitrogens with zero attached hydrogens (tertiary/aromatic N) is 1. The molecule has 33 heavy (non-hydrogen) atoms. The summed E-state index contributed by atoms with van der Waals surface area (Å²) in [5.41, 5.74) is 3.85. The number of fused-ring (bicyclic) bond motifs is 5. The number of carbonyl (C=O) groups is 2. The van der Waals surface area contributed by atoms with E-state index in [0.29, 0.717) is 22.9 Å². The summed E-state index contributed by atoms with van der Waals surface area (Å²) in [6.45, 7) is 6.14. The Balaban J connectivity index is 1.62. The minimum atomic E-state index is -0.316. The first kappa shape index (κ1) is 21.0. The molecule has 1 unspecified atom stereocenters. The fraction of sp³-hybridized carbons (Fsp3) is 0.160. The van der Waals surface area contributed by atoms with E-state index >= 15 is 0 Å².